The minimum atomic E-state index is -1.09. The fourth-order valence-electron chi connectivity index (χ4n) is 4.42. The minimum absolute atomic E-state index is 0.0889. The van der Waals surface area contributed by atoms with E-state index in [2.05, 4.69) is 22.8 Å². The second-order valence-corrected chi connectivity index (χ2v) is 9.98. The van der Waals surface area contributed by atoms with Crippen molar-refractivity contribution in [2.24, 2.45) is 5.41 Å². The average molecular weight is 467 g/mol. The van der Waals surface area contributed by atoms with Crippen LogP contribution in [0.2, 0.25) is 0 Å². The molecule has 1 aliphatic carbocycles. The molecule has 0 aliphatic heterocycles. The van der Waals surface area contributed by atoms with Crippen molar-refractivity contribution in [3.05, 3.63) is 59.7 Å². The van der Waals surface area contributed by atoms with Crippen LogP contribution >= 0.6 is 0 Å². The highest BCUT2D eigenvalue weighted by Crippen LogP contribution is 2.44. The molecule has 3 rings (SSSR count). The predicted octanol–water partition coefficient (Wildman–Crippen LogP) is 4.70. The standard InChI is InChI=1S/C27H34N2O5/c1-5-10-22(25(31)32)28-24(30)23(15-27(2,3)4)29-26(33)34-16-21-19-13-8-6-11-17(19)18-12-7-9-14-20(18)21/h6-9,11-14,21-23H,5,10,15-16H2,1-4H3,(H,28,30)(H,29,33)(H,31,32)/t22-,23?/m0/s1. The second kappa shape index (κ2) is 10.7. The minimum Gasteiger partial charge on any atom is -0.480 e. The average Bonchev–Trinajstić information content (AvgIpc) is 3.09. The van der Waals surface area contributed by atoms with Crippen molar-refractivity contribution in [1.29, 1.82) is 0 Å². The van der Waals surface area contributed by atoms with Crippen LogP contribution < -0.4 is 10.6 Å². The molecule has 0 aromatic heterocycles. The number of rotatable bonds is 9. The van der Waals surface area contributed by atoms with Crippen molar-refractivity contribution >= 4 is 18.0 Å². The number of hydrogen-bond acceptors (Lipinski definition) is 4. The van der Waals surface area contributed by atoms with Crippen LogP contribution in [0.1, 0.15) is 64.0 Å². The molecule has 0 radical (unpaired) electrons. The summed E-state index contributed by atoms with van der Waals surface area (Å²) in [4.78, 5) is 37.1. The van der Waals surface area contributed by atoms with Gasteiger partial charge in [-0.05, 0) is 40.5 Å². The number of carboxylic acids is 1. The van der Waals surface area contributed by atoms with Gasteiger partial charge in [0.2, 0.25) is 5.91 Å². The molecular weight excluding hydrogens is 432 g/mol. The number of aliphatic carboxylic acids is 1. The lowest BCUT2D eigenvalue weighted by Crippen LogP contribution is -2.52. The first-order valence-corrected chi connectivity index (χ1v) is 11.8. The first-order valence-electron chi connectivity index (χ1n) is 11.8. The number of carbonyl (C=O) groups is 3. The molecule has 0 saturated carbocycles. The molecule has 1 unspecified atom stereocenters. The van der Waals surface area contributed by atoms with Gasteiger partial charge >= 0.3 is 12.1 Å². The Bertz CT molecular complexity index is 998. The zero-order chi connectivity index (χ0) is 24.9. The Morgan fingerprint density at radius 2 is 1.50 bits per heavy atom. The van der Waals surface area contributed by atoms with Gasteiger partial charge < -0.3 is 20.5 Å². The van der Waals surface area contributed by atoms with Gasteiger partial charge in [0.1, 0.15) is 18.7 Å². The molecule has 0 bridgehead atoms. The Morgan fingerprint density at radius 1 is 0.941 bits per heavy atom. The monoisotopic (exact) mass is 466 g/mol. The first-order chi connectivity index (χ1) is 16.1. The smallest absolute Gasteiger partial charge is 0.407 e. The Kier molecular flexibility index (Phi) is 7.97. The lowest BCUT2D eigenvalue weighted by Gasteiger charge is -2.27. The molecule has 0 saturated heterocycles. The summed E-state index contributed by atoms with van der Waals surface area (Å²) >= 11 is 0. The van der Waals surface area contributed by atoms with Gasteiger partial charge in [-0.1, -0.05) is 82.6 Å². The SMILES string of the molecule is CCC[C@H](NC(=O)C(CC(C)(C)C)NC(=O)OCC1c2ccccc2-c2ccccc21)C(=O)O. The molecule has 0 heterocycles. The summed E-state index contributed by atoms with van der Waals surface area (Å²) in [6, 6.07) is 14.2. The number of amides is 2. The van der Waals surface area contributed by atoms with Crippen LogP contribution in [0.3, 0.4) is 0 Å². The lowest BCUT2D eigenvalue weighted by atomic mass is 9.87. The highest BCUT2D eigenvalue weighted by molar-refractivity contribution is 5.89. The van der Waals surface area contributed by atoms with Crippen LogP contribution in [-0.2, 0) is 14.3 Å². The maximum atomic E-state index is 12.9. The normalized spacial score (nSPS) is 14.5. The Labute approximate surface area is 200 Å². The van der Waals surface area contributed by atoms with E-state index >= 15 is 0 Å². The van der Waals surface area contributed by atoms with Crippen molar-refractivity contribution in [2.45, 2.75) is 65.0 Å². The summed E-state index contributed by atoms with van der Waals surface area (Å²) in [6.45, 7) is 7.84. The van der Waals surface area contributed by atoms with Gasteiger partial charge in [-0.2, -0.15) is 0 Å². The van der Waals surface area contributed by atoms with Crippen LogP contribution in [0.15, 0.2) is 48.5 Å². The van der Waals surface area contributed by atoms with Crippen LogP contribution in [0.25, 0.3) is 11.1 Å². The van der Waals surface area contributed by atoms with Gasteiger partial charge in [0.05, 0.1) is 0 Å². The van der Waals surface area contributed by atoms with Crippen LogP contribution in [-0.4, -0.2) is 41.8 Å². The Morgan fingerprint density at radius 3 is 2.00 bits per heavy atom. The number of carboxylic acid groups (broad SMARTS) is 1. The molecule has 0 spiro atoms. The number of hydrogen-bond donors (Lipinski definition) is 3. The van der Waals surface area contributed by atoms with Gasteiger partial charge in [0, 0.05) is 5.92 Å². The molecule has 2 atom stereocenters. The lowest BCUT2D eigenvalue weighted by molar-refractivity contribution is -0.142. The van der Waals surface area contributed by atoms with Crippen molar-refractivity contribution < 1.29 is 24.2 Å². The molecule has 2 aromatic rings. The Balaban J connectivity index is 1.69. The highest BCUT2D eigenvalue weighted by atomic mass is 16.5. The molecule has 3 N–H and O–H groups in total. The third-order valence-electron chi connectivity index (χ3n) is 5.96. The highest BCUT2D eigenvalue weighted by Gasteiger charge is 2.32. The first kappa shape index (κ1) is 25.3. The quantitative estimate of drug-likeness (QED) is 0.497. The fraction of sp³-hybridized carbons (Fsp3) is 0.444. The third kappa shape index (κ3) is 6.16. The van der Waals surface area contributed by atoms with Gasteiger partial charge in [0.25, 0.3) is 0 Å². The van der Waals surface area contributed by atoms with Crippen molar-refractivity contribution in [3.8, 4) is 11.1 Å². The number of carbonyl (C=O) groups excluding carboxylic acids is 2. The van der Waals surface area contributed by atoms with E-state index in [1.54, 1.807) is 0 Å². The van der Waals surface area contributed by atoms with Crippen LogP contribution in [0, 0.1) is 5.41 Å². The maximum absolute atomic E-state index is 12.9. The Hall–Kier alpha value is -3.35. The zero-order valence-corrected chi connectivity index (χ0v) is 20.3. The van der Waals surface area contributed by atoms with E-state index in [9.17, 15) is 19.5 Å². The summed E-state index contributed by atoms with van der Waals surface area (Å²) in [6.07, 6.45) is 0.560. The summed E-state index contributed by atoms with van der Waals surface area (Å²) in [5.74, 6) is -1.70. The zero-order valence-electron chi connectivity index (χ0n) is 20.3. The van der Waals surface area contributed by atoms with Crippen LogP contribution in [0.4, 0.5) is 4.79 Å². The van der Waals surface area contributed by atoms with Gasteiger partial charge in [-0.3, -0.25) is 4.79 Å². The molecule has 0 fully saturated rings. The van der Waals surface area contributed by atoms with Gasteiger partial charge in [-0.25, -0.2) is 9.59 Å². The molecule has 2 aromatic carbocycles. The van der Waals surface area contributed by atoms with E-state index in [0.29, 0.717) is 19.3 Å². The molecule has 182 valence electrons. The van der Waals surface area contributed by atoms with E-state index in [1.807, 2.05) is 64.1 Å². The second-order valence-electron chi connectivity index (χ2n) is 9.98. The van der Waals surface area contributed by atoms with Gasteiger partial charge in [0.15, 0.2) is 0 Å². The largest absolute Gasteiger partial charge is 0.480 e. The van der Waals surface area contributed by atoms with E-state index < -0.39 is 30.1 Å². The number of fused-ring (bicyclic) bond motifs is 3. The van der Waals surface area contributed by atoms with E-state index in [-0.39, 0.29) is 17.9 Å². The molecular formula is C27H34N2O5. The molecule has 7 nitrogen and oxygen atoms in total. The number of benzene rings is 2. The summed E-state index contributed by atoms with van der Waals surface area (Å²) in [7, 11) is 0. The van der Waals surface area contributed by atoms with Crippen molar-refractivity contribution in [2.75, 3.05) is 6.61 Å². The van der Waals surface area contributed by atoms with E-state index in [4.69, 9.17) is 4.74 Å². The van der Waals surface area contributed by atoms with Crippen molar-refractivity contribution in [1.82, 2.24) is 10.6 Å². The summed E-state index contributed by atoms with van der Waals surface area (Å²) in [5.41, 5.74) is 4.19. The van der Waals surface area contributed by atoms with Crippen molar-refractivity contribution in [3.63, 3.8) is 0 Å². The molecule has 34 heavy (non-hydrogen) atoms. The molecule has 1 aliphatic rings. The van der Waals surface area contributed by atoms with Gasteiger partial charge in [-0.15, -0.1) is 0 Å². The third-order valence-corrected chi connectivity index (χ3v) is 5.96. The molecule has 7 heteroatoms. The topological polar surface area (TPSA) is 105 Å². The summed E-state index contributed by atoms with van der Waals surface area (Å²) in [5, 5.41) is 14.6. The fourth-order valence-corrected chi connectivity index (χ4v) is 4.42. The van der Waals surface area contributed by atoms with E-state index in [0.717, 1.165) is 22.3 Å². The predicted molar refractivity (Wildman–Crippen MR) is 131 cm³/mol. The summed E-state index contributed by atoms with van der Waals surface area (Å²) < 4.78 is 5.59. The number of ether oxygens (including phenoxy) is 1. The molecule has 2 amide bonds. The van der Waals surface area contributed by atoms with Crippen LogP contribution in [0.5, 0.6) is 0 Å². The number of nitrogens with one attached hydrogen (secondary N) is 2. The maximum Gasteiger partial charge on any atom is 0.407 e. The number of alkyl carbamates (subject to hydrolysis) is 1. The van der Waals surface area contributed by atoms with E-state index in [1.165, 1.54) is 0 Å².